The van der Waals surface area contributed by atoms with Gasteiger partial charge in [0.25, 0.3) is 0 Å². The van der Waals surface area contributed by atoms with E-state index in [1.54, 1.807) is 0 Å². The maximum atomic E-state index is 5.96. The molecule has 0 aliphatic heterocycles. The van der Waals surface area contributed by atoms with Crippen molar-refractivity contribution < 1.29 is 0 Å². The number of hydrogen-bond acceptors (Lipinski definition) is 2. The fraction of sp³-hybridized carbons (Fsp3) is 0.538. The van der Waals surface area contributed by atoms with Crippen LogP contribution in [-0.4, -0.2) is 6.04 Å². The lowest BCUT2D eigenvalue weighted by Gasteiger charge is -2.19. The Kier molecular flexibility index (Phi) is 3.02. The number of rotatable bonds is 2. The van der Waals surface area contributed by atoms with Crippen molar-refractivity contribution in [3.05, 3.63) is 23.2 Å². The average molecular weight is 239 g/mol. The predicted octanol–water partition coefficient (Wildman–Crippen LogP) is 3.91. The summed E-state index contributed by atoms with van der Waals surface area (Å²) in [5, 5.41) is 4.23. The molecule has 16 heavy (non-hydrogen) atoms. The molecule has 1 fully saturated rings. The van der Waals surface area contributed by atoms with Gasteiger partial charge in [0.05, 0.1) is 11.4 Å². The summed E-state index contributed by atoms with van der Waals surface area (Å²) in [4.78, 5) is 0. The van der Waals surface area contributed by atoms with E-state index in [9.17, 15) is 0 Å². The van der Waals surface area contributed by atoms with E-state index in [0.717, 1.165) is 16.4 Å². The molecular weight excluding hydrogens is 220 g/mol. The molecule has 0 aromatic heterocycles. The largest absolute Gasteiger partial charge is 0.397 e. The maximum absolute atomic E-state index is 5.96. The van der Waals surface area contributed by atoms with E-state index in [1.807, 2.05) is 18.2 Å². The Labute approximate surface area is 102 Å². The number of halogens is 1. The first-order valence-electron chi connectivity index (χ1n) is 5.78. The lowest BCUT2D eigenvalue weighted by molar-refractivity contribution is 0.378. The second-order valence-electron chi connectivity index (χ2n) is 5.48. The molecule has 0 amide bonds. The maximum Gasteiger partial charge on any atom is 0.0591 e. The summed E-state index contributed by atoms with van der Waals surface area (Å²) in [6, 6.07) is 6.10. The van der Waals surface area contributed by atoms with Crippen molar-refractivity contribution in [3.8, 4) is 0 Å². The molecule has 2 rings (SSSR count). The Balaban J connectivity index is 2.07. The number of nitrogens with one attached hydrogen (secondary N) is 1. The molecule has 0 radical (unpaired) electrons. The van der Waals surface area contributed by atoms with Crippen molar-refractivity contribution >= 4 is 23.0 Å². The third-order valence-electron chi connectivity index (χ3n) is 3.34. The van der Waals surface area contributed by atoms with Crippen LogP contribution < -0.4 is 11.1 Å². The third kappa shape index (κ3) is 2.62. The molecule has 0 saturated heterocycles. The zero-order valence-corrected chi connectivity index (χ0v) is 10.6. The summed E-state index contributed by atoms with van der Waals surface area (Å²) in [6.45, 7) is 4.63. The summed E-state index contributed by atoms with van der Waals surface area (Å²) < 4.78 is 0. The van der Waals surface area contributed by atoms with Crippen LogP contribution in [0.5, 0.6) is 0 Å². The fourth-order valence-electron chi connectivity index (χ4n) is 2.43. The number of hydrogen-bond donors (Lipinski definition) is 2. The number of nitrogen functional groups attached to an aromatic ring is 1. The van der Waals surface area contributed by atoms with Gasteiger partial charge in [-0.3, -0.25) is 0 Å². The van der Waals surface area contributed by atoms with Gasteiger partial charge in [-0.1, -0.05) is 25.4 Å². The molecule has 1 aliphatic rings. The van der Waals surface area contributed by atoms with E-state index in [0.29, 0.717) is 11.5 Å². The quantitative estimate of drug-likeness (QED) is 0.767. The molecule has 0 spiro atoms. The molecule has 1 atom stereocenters. The second-order valence-corrected chi connectivity index (χ2v) is 5.92. The smallest absolute Gasteiger partial charge is 0.0591 e. The molecule has 1 unspecified atom stereocenters. The highest BCUT2D eigenvalue weighted by Crippen LogP contribution is 2.39. The van der Waals surface area contributed by atoms with Crippen molar-refractivity contribution in [2.75, 3.05) is 11.1 Å². The van der Waals surface area contributed by atoms with Crippen LogP contribution in [0.4, 0.5) is 11.4 Å². The topological polar surface area (TPSA) is 38.0 Å². The Morgan fingerprint density at radius 1 is 1.44 bits per heavy atom. The second kappa shape index (κ2) is 4.17. The minimum absolute atomic E-state index is 0.449. The van der Waals surface area contributed by atoms with Gasteiger partial charge in [0, 0.05) is 11.1 Å². The predicted molar refractivity (Wildman–Crippen MR) is 70.9 cm³/mol. The van der Waals surface area contributed by atoms with E-state index < -0.39 is 0 Å². The molecule has 1 saturated carbocycles. The van der Waals surface area contributed by atoms with E-state index in [4.69, 9.17) is 17.3 Å². The third-order valence-corrected chi connectivity index (χ3v) is 3.58. The Morgan fingerprint density at radius 2 is 2.19 bits per heavy atom. The lowest BCUT2D eigenvalue weighted by atomic mass is 9.92. The Hall–Kier alpha value is -0.890. The van der Waals surface area contributed by atoms with Crippen molar-refractivity contribution in [3.63, 3.8) is 0 Å². The molecule has 0 heterocycles. The molecule has 3 heteroatoms. The summed E-state index contributed by atoms with van der Waals surface area (Å²) in [5.41, 5.74) is 8.10. The highest BCUT2D eigenvalue weighted by molar-refractivity contribution is 6.31. The van der Waals surface area contributed by atoms with Crippen LogP contribution in [0.2, 0.25) is 5.02 Å². The van der Waals surface area contributed by atoms with Crippen LogP contribution in [-0.2, 0) is 0 Å². The van der Waals surface area contributed by atoms with Crippen LogP contribution in [0.25, 0.3) is 0 Å². The highest BCUT2D eigenvalue weighted by Gasteiger charge is 2.30. The molecule has 0 bridgehead atoms. The minimum Gasteiger partial charge on any atom is -0.397 e. The summed E-state index contributed by atoms with van der Waals surface area (Å²) >= 11 is 5.96. The SMILES string of the molecule is CC1(C)CCC(Nc2cc(Cl)ccc2N)C1. The first-order valence-corrected chi connectivity index (χ1v) is 6.16. The Bertz CT molecular complexity index is 388. The molecule has 2 nitrogen and oxygen atoms in total. The molecule has 3 N–H and O–H groups in total. The van der Waals surface area contributed by atoms with E-state index in [-0.39, 0.29) is 0 Å². The van der Waals surface area contributed by atoms with Gasteiger partial charge >= 0.3 is 0 Å². The number of benzene rings is 1. The van der Waals surface area contributed by atoms with Crippen molar-refractivity contribution in [1.29, 1.82) is 0 Å². The summed E-state index contributed by atoms with van der Waals surface area (Å²) in [6.07, 6.45) is 3.67. The van der Waals surface area contributed by atoms with Gasteiger partial charge in [-0.05, 0) is 42.9 Å². The van der Waals surface area contributed by atoms with Crippen molar-refractivity contribution in [2.45, 2.75) is 39.2 Å². The van der Waals surface area contributed by atoms with E-state index in [2.05, 4.69) is 19.2 Å². The van der Waals surface area contributed by atoms with Crippen molar-refractivity contribution in [1.82, 2.24) is 0 Å². The molecule has 1 aliphatic carbocycles. The highest BCUT2D eigenvalue weighted by atomic mass is 35.5. The van der Waals surface area contributed by atoms with Gasteiger partial charge in [0.1, 0.15) is 0 Å². The monoisotopic (exact) mass is 238 g/mol. The molecular formula is C13H19ClN2. The first-order chi connectivity index (χ1) is 7.46. The van der Waals surface area contributed by atoms with Crippen LogP contribution >= 0.6 is 11.6 Å². The average Bonchev–Trinajstić information content (AvgIpc) is 2.52. The van der Waals surface area contributed by atoms with Gasteiger partial charge in [-0.15, -0.1) is 0 Å². The summed E-state index contributed by atoms with van der Waals surface area (Å²) in [7, 11) is 0. The normalized spacial score (nSPS) is 23.3. The van der Waals surface area contributed by atoms with Gasteiger partial charge in [-0.2, -0.15) is 0 Å². The van der Waals surface area contributed by atoms with Crippen LogP contribution in [0.3, 0.4) is 0 Å². The van der Waals surface area contributed by atoms with Crippen LogP contribution in [0, 0.1) is 5.41 Å². The number of nitrogens with two attached hydrogens (primary N) is 1. The standard InChI is InChI=1S/C13H19ClN2/c1-13(2)6-5-10(8-13)16-12-7-9(14)3-4-11(12)15/h3-4,7,10,16H,5-6,8,15H2,1-2H3. The van der Waals surface area contributed by atoms with Gasteiger partial charge < -0.3 is 11.1 Å². The van der Waals surface area contributed by atoms with Crippen LogP contribution in [0.15, 0.2) is 18.2 Å². The Morgan fingerprint density at radius 3 is 2.81 bits per heavy atom. The number of anilines is 2. The zero-order valence-electron chi connectivity index (χ0n) is 9.89. The first kappa shape index (κ1) is 11.6. The minimum atomic E-state index is 0.449. The van der Waals surface area contributed by atoms with Crippen molar-refractivity contribution in [2.24, 2.45) is 5.41 Å². The van der Waals surface area contributed by atoms with Gasteiger partial charge in [0.2, 0.25) is 0 Å². The zero-order chi connectivity index (χ0) is 11.8. The summed E-state index contributed by atoms with van der Waals surface area (Å²) in [5.74, 6) is 0. The molecule has 1 aromatic carbocycles. The van der Waals surface area contributed by atoms with Crippen LogP contribution in [0.1, 0.15) is 33.1 Å². The van der Waals surface area contributed by atoms with Gasteiger partial charge in [-0.25, -0.2) is 0 Å². The molecule has 88 valence electrons. The lowest BCUT2D eigenvalue weighted by Crippen LogP contribution is -2.18. The van der Waals surface area contributed by atoms with E-state index >= 15 is 0 Å². The van der Waals surface area contributed by atoms with Gasteiger partial charge in [0.15, 0.2) is 0 Å². The fourth-order valence-corrected chi connectivity index (χ4v) is 2.60. The molecule has 1 aromatic rings. The van der Waals surface area contributed by atoms with E-state index in [1.165, 1.54) is 19.3 Å².